The molecule has 0 aliphatic rings. The first kappa shape index (κ1) is 15.0. The number of hydrogen-bond donors (Lipinski definition) is 1. The number of sulfone groups is 1. The number of benzene rings is 1. The monoisotopic (exact) mass is 360 g/mol. The minimum absolute atomic E-state index is 0.0745. The van der Waals surface area contributed by atoms with Crippen molar-refractivity contribution < 1.29 is 8.42 Å². The molecule has 1 aromatic carbocycles. The lowest BCUT2D eigenvalue weighted by Gasteiger charge is -2.03. The number of nitrogens with one attached hydrogen (secondary N) is 1. The molecular formula is C15H12N4O3S2. The predicted molar refractivity (Wildman–Crippen MR) is 90.3 cm³/mol. The Bertz CT molecular complexity index is 1220. The van der Waals surface area contributed by atoms with E-state index in [0.29, 0.717) is 10.2 Å². The van der Waals surface area contributed by atoms with Gasteiger partial charge >= 0.3 is 0 Å². The molecule has 0 bridgehead atoms. The lowest BCUT2D eigenvalue weighted by molar-refractivity contribution is 0.592. The maximum Gasteiger partial charge on any atom is 0.269 e. The number of fused-ring (bicyclic) bond motifs is 3. The molecule has 7 nitrogen and oxygen atoms in total. The normalized spacial score (nSPS) is 12.2. The molecule has 0 atom stereocenters. The Morgan fingerprint density at radius 3 is 2.67 bits per heavy atom. The summed E-state index contributed by atoms with van der Waals surface area (Å²) in [5.74, 6) is 0. The molecular weight excluding hydrogens is 348 g/mol. The molecule has 9 heteroatoms. The van der Waals surface area contributed by atoms with Crippen molar-refractivity contribution >= 4 is 37.0 Å². The highest BCUT2D eigenvalue weighted by molar-refractivity contribution is 7.91. The summed E-state index contributed by atoms with van der Waals surface area (Å²) in [5.41, 5.74) is 1.29. The molecule has 3 heterocycles. The van der Waals surface area contributed by atoms with Crippen molar-refractivity contribution in [2.24, 2.45) is 0 Å². The molecule has 0 aliphatic heterocycles. The Morgan fingerprint density at radius 1 is 1.21 bits per heavy atom. The molecule has 4 rings (SSSR count). The third-order valence-corrected chi connectivity index (χ3v) is 6.43. The Hall–Kier alpha value is -2.52. The number of H-pyrrole nitrogens is 1. The second-order valence-electron chi connectivity index (χ2n) is 5.25. The van der Waals surface area contributed by atoms with Crippen molar-refractivity contribution in [3.05, 3.63) is 51.6 Å². The minimum Gasteiger partial charge on any atom is -0.303 e. The van der Waals surface area contributed by atoms with Crippen molar-refractivity contribution in [1.82, 2.24) is 19.8 Å². The Labute approximate surface area is 140 Å². The van der Waals surface area contributed by atoms with Crippen LogP contribution in [0.2, 0.25) is 0 Å². The van der Waals surface area contributed by atoms with E-state index in [-0.39, 0.29) is 21.1 Å². The van der Waals surface area contributed by atoms with Crippen LogP contribution < -0.4 is 5.56 Å². The average Bonchev–Trinajstić information content (AvgIpc) is 3.21. The molecule has 0 amide bonds. The van der Waals surface area contributed by atoms with Gasteiger partial charge in [-0.1, -0.05) is 24.3 Å². The highest BCUT2D eigenvalue weighted by Gasteiger charge is 2.26. The number of thiophene rings is 1. The van der Waals surface area contributed by atoms with Gasteiger partial charge in [0.2, 0.25) is 14.9 Å². The molecule has 0 saturated carbocycles. The number of aromatic amines is 1. The first-order valence-corrected chi connectivity index (χ1v) is 9.57. The lowest BCUT2D eigenvalue weighted by Crippen LogP contribution is -2.10. The third kappa shape index (κ3) is 2.09. The van der Waals surface area contributed by atoms with Crippen molar-refractivity contribution in [3.8, 4) is 0 Å². The molecule has 0 unspecified atom stereocenters. The van der Waals surface area contributed by atoms with Gasteiger partial charge in [0.15, 0.2) is 5.65 Å². The summed E-state index contributed by atoms with van der Waals surface area (Å²) in [5, 5.41) is 9.22. The number of hydrogen-bond acceptors (Lipinski definition) is 6. The van der Waals surface area contributed by atoms with Gasteiger partial charge in [-0.3, -0.25) is 4.79 Å². The Morgan fingerprint density at radius 2 is 1.96 bits per heavy atom. The van der Waals surface area contributed by atoms with Crippen LogP contribution in [0.5, 0.6) is 0 Å². The van der Waals surface area contributed by atoms with Crippen LogP contribution in [0.25, 0.3) is 15.9 Å². The number of rotatable bonds is 3. The maximum atomic E-state index is 12.9. The average molecular weight is 360 g/mol. The quantitative estimate of drug-likeness (QED) is 0.603. The molecule has 0 aliphatic carbocycles. The largest absolute Gasteiger partial charge is 0.303 e. The SMILES string of the molecule is CCc1ccc(S(=O)(=O)c2nnn3c2[nH]c(=O)c2sccc23)cc1. The lowest BCUT2D eigenvalue weighted by atomic mass is 10.2. The topological polar surface area (TPSA) is 97.2 Å². The summed E-state index contributed by atoms with van der Waals surface area (Å²) in [4.78, 5) is 14.8. The van der Waals surface area contributed by atoms with Crippen molar-refractivity contribution in [1.29, 1.82) is 0 Å². The van der Waals surface area contributed by atoms with Crippen LogP contribution in [0.4, 0.5) is 0 Å². The maximum absolute atomic E-state index is 12.9. The van der Waals surface area contributed by atoms with E-state index in [1.165, 1.54) is 15.9 Å². The summed E-state index contributed by atoms with van der Waals surface area (Å²) in [7, 11) is -3.88. The van der Waals surface area contributed by atoms with Crippen LogP contribution in [0.15, 0.2) is 50.4 Å². The van der Waals surface area contributed by atoms with E-state index in [0.717, 1.165) is 12.0 Å². The molecule has 0 spiro atoms. The van der Waals surface area contributed by atoms with E-state index in [4.69, 9.17) is 0 Å². The first-order chi connectivity index (χ1) is 11.5. The third-order valence-electron chi connectivity index (χ3n) is 3.85. The fourth-order valence-electron chi connectivity index (χ4n) is 2.54. The van der Waals surface area contributed by atoms with Crippen LogP contribution in [0, 0.1) is 0 Å². The van der Waals surface area contributed by atoms with Gasteiger partial charge in [-0.15, -0.1) is 16.4 Å². The standard InChI is InChI=1S/C15H12N4O3S2/c1-2-9-3-5-10(6-4-9)24(21,22)15-13-16-14(20)12-11(7-8-23-12)19(13)18-17-15/h3-8H,2H2,1H3,(H,16,20). The van der Waals surface area contributed by atoms with Gasteiger partial charge < -0.3 is 4.98 Å². The van der Waals surface area contributed by atoms with Crippen molar-refractivity contribution in [2.45, 2.75) is 23.3 Å². The number of aromatic nitrogens is 4. The zero-order valence-electron chi connectivity index (χ0n) is 12.6. The van der Waals surface area contributed by atoms with Gasteiger partial charge in [-0.2, -0.15) is 4.52 Å². The first-order valence-electron chi connectivity index (χ1n) is 7.21. The molecule has 122 valence electrons. The van der Waals surface area contributed by atoms with E-state index >= 15 is 0 Å². The smallest absolute Gasteiger partial charge is 0.269 e. The Kier molecular flexibility index (Phi) is 3.29. The zero-order valence-corrected chi connectivity index (χ0v) is 14.2. The summed E-state index contributed by atoms with van der Waals surface area (Å²) >= 11 is 1.26. The molecule has 3 aromatic heterocycles. The second-order valence-corrected chi connectivity index (χ2v) is 8.03. The van der Waals surface area contributed by atoms with E-state index in [9.17, 15) is 13.2 Å². The minimum atomic E-state index is -3.88. The Balaban J connectivity index is 1.98. The summed E-state index contributed by atoms with van der Waals surface area (Å²) in [6, 6.07) is 8.32. The summed E-state index contributed by atoms with van der Waals surface area (Å²) in [6.45, 7) is 1.99. The molecule has 1 N–H and O–H groups in total. The van der Waals surface area contributed by atoms with Crippen LogP contribution in [-0.2, 0) is 16.3 Å². The second kappa shape index (κ2) is 5.25. The van der Waals surface area contributed by atoms with Gasteiger partial charge in [0.25, 0.3) is 5.56 Å². The fourth-order valence-corrected chi connectivity index (χ4v) is 4.56. The van der Waals surface area contributed by atoms with Gasteiger partial charge in [0.1, 0.15) is 4.70 Å². The fraction of sp³-hybridized carbons (Fsp3) is 0.133. The van der Waals surface area contributed by atoms with Gasteiger partial charge in [0.05, 0.1) is 10.4 Å². The van der Waals surface area contributed by atoms with Crippen LogP contribution >= 0.6 is 11.3 Å². The molecule has 0 saturated heterocycles. The van der Waals surface area contributed by atoms with Crippen LogP contribution in [-0.4, -0.2) is 28.2 Å². The van der Waals surface area contributed by atoms with E-state index in [1.807, 2.05) is 6.92 Å². The number of aryl methyl sites for hydroxylation is 1. The summed E-state index contributed by atoms with van der Waals surface area (Å²) < 4.78 is 27.5. The predicted octanol–water partition coefficient (Wildman–Crippen LogP) is 2.03. The van der Waals surface area contributed by atoms with Crippen LogP contribution in [0.3, 0.4) is 0 Å². The van der Waals surface area contributed by atoms with Gasteiger partial charge in [-0.05, 0) is 35.6 Å². The molecule has 0 fully saturated rings. The van der Waals surface area contributed by atoms with Crippen LogP contribution in [0.1, 0.15) is 12.5 Å². The zero-order chi connectivity index (χ0) is 16.9. The van der Waals surface area contributed by atoms with Crippen molar-refractivity contribution in [3.63, 3.8) is 0 Å². The van der Waals surface area contributed by atoms with Gasteiger partial charge in [0, 0.05) is 0 Å². The van der Waals surface area contributed by atoms with E-state index < -0.39 is 9.84 Å². The number of nitrogens with zero attached hydrogens (tertiary/aromatic N) is 3. The summed E-state index contributed by atoms with van der Waals surface area (Å²) in [6.07, 6.45) is 0.818. The van der Waals surface area contributed by atoms with E-state index in [2.05, 4.69) is 15.3 Å². The molecule has 0 radical (unpaired) electrons. The van der Waals surface area contributed by atoms with Crippen molar-refractivity contribution in [2.75, 3.05) is 0 Å². The van der Waals surface area contributed by atoms with E-state index in [1.54, 1.807) is 35.7 Å². The molecule has 4 aromatic rings. The molecule has 24 heavy (non-hydrogen) atoms. The highest BCUT2D eigenvalue weighted by Crippen LogP contribution is 2.24. The highest BCUT2D eigenvalue weighted by atomic mass is 32.2. The van der Waals surface area contributed by atoms with Gasteiger partial charge in [-0.25, -0.2) is 8.42 Å².